The molecule has 0 atom stereocenters. The first kappa shape index (κ1) is 14.7. The summed E-state index contributed by atoms with van der Waals surface area (Å²) < 4.78 is 26.1. The van der Waals surface area contributed by atoms with Crippen LogP contribution in [0, 0.1) is 11.6 Å². The van der Waals surface area contributed by atoms with Crippen LogP contribution in [0.25, 0.3) is 0 Å². The normalized spacial score (nSPS) is 16.2. The van der Waals surface area contributed by atoms with E-state index in [2.05, 4.69) is 10.2 Å². The van der Waals surface area contributed by atoms with Crippen LogP contribution in [-0.4, -0.2) is 55.5 Å². The Balaban J connectivity index is 1.76. The first-order valence-electron chi connectivity index (χ1n) is 6.71. The quantitative estimate of drug-likeness (QED) is 0.910. The highest BCUT2D eigenvalue weighted by Crippen LogP contribution is 2.14. The van der Waals surface area contributed by atoms with E-state index in [4.69, 9.17) is 0 Å². The second-order valence-electron chi connectivity index (χ2n) is 4.99. The Morgan fingerprint density at radius 3 is 2.60 bits per heavy atom. The molecule has 4 nitrogen and oxygen atoms in total. The maximum absolute atomic E-state index is 13.4. The van der Waals surface area contributed by atoms with E-state index in [0.29, 0.717) is 13.0 Å². The lowest BCUT2D eigenvalue weighted by Gasteiger charge is -2.32. The van der Waals surface area contributed by atoms with E-state index in [1.807, 2.05) is 11.9 Å². The summed E-state index contributed by atoms with van der Waals surface area (Å²) in [5, 5.41) is 2.82. The van der Waals surface area contributed by atoms with Crippen LogP contribution in [0.4, 0.5) is 14.5 Å². The molecule has 1 aromatic rings. The lowest BCUT2D eigenvalue weighted by molar-refractivity contribution is -0.132. The molecule has 6 heteroatoms. The number of halogens is 2. The summed E-state index contributed by atoms with van der Waals surface area (Å²) in [6.07, 6.45) is 0.306. The van der Waals surface area contributed by atoms with Crippen molar-refractivity contribution in [3.05, 3.63) is 29.8 Å². The number of piperazine rings is 1. The zero-order valence-electron chi connectivity index (χ0n) is 11.5. The maximum atomic E-state index is 13.4. The van der Waals surface area contributed by atoms with Gasteiger partial charge in [0, 0.05) is 45.2 Å². The molecule has 2 rings (SSSR count). The molecule has 1 aliphatic heterocycles. The highest BCUT2D eigenvalue weighted by molar-refractivity contribution is 5.76. The van der Waals surface area contributed by atoms with E-state index in [1.54, 1.807) is 0 Å². The van der Waals surface area contributed by atoms with Crippen molar-refractivity contribution in [3.8, 4) is 0 Å². The van der Waals surface area contributed by atoms with Crippen LogP contribution in [0.2, 0.25) is 0 Å². The molecule has 0 aliphatic carbocycles. The third-order valence-electron chi connectivity index (χ3n) is 3.44. The number of benzene rings is 1. The predicted molar refractivity (Wildman–Crippen MR) is 73.5 cm³/mol. The first-order chi connectivity index (χ1) is 9.56. The van der Waals surface area contributed by atoms with Crippen molar-refractivity contribution >= 4 is 11.6 Å². The Bertz CT molecular complexity index is 473. The third-order valence-corrected chi connectivity index (χ3v) is 3.44. The minimum absolute atomic E-state index is 0.0631. The molecule has 1 heterocycles. The molecule has 1 saturated heterocycles. The third kappa shape index (κ3) is 3.90. The summed E-state index contributed by atoms with van der Waals surface area (Å²) >= 11 is 0. The second kappa shape index (κ2) is 6.65. The number of rotatable bonds is 4. The molecule has 0 unspecified atom stereocenters. The van der Waals surface area contributed by atoms with Gasteiger partial charge in [-0.2, -0.15) is 0 Å². The summed E-state index contributed by atoms with van der Waals surface area (Å²) in [5.74, 6) is -1.19. The van der Waals surface area contributed by atoms with Gasteiger partial charge >= 0.3 is 0 Å². The zero-order valence-corrected chi connectivity index (χ0v) is 11.5. The minimum atomic E-state index is -0.642. The lowest BCUT2D eigenvalue weighted by Crippen LogP contribution is -2.47. The predicted octanol–water partition coefficient (Wildman–Crippen LogP) is 1.54. The fraction of sp³-hybridized carbons (Fsp3) is 0.500. The van der Waals surface area contributed by atoms with Crippen molar-refractivity contribution in [2.45, 2.75) is 6.42 Å². The Hall–Kier alpha value is -1.69. The van der Waals surface area contributed by atoms with Crippen molar-refractivity contribution in [3.63, 3.8) is 0 Å². The molecular weight excluding hydrogens is 264 g/mol. The van der Waals surface area contributed by atoms with E-state index in [0.717, 1.165) is 32.2 Å². The van der Waals surface area contributed by atoms with Crippen LogP contribution < -0.4 is 5.32 Å². The SMILES string of the molecule is CN1CCN(C(=O)CCNc2ccc(F)cc2F)CC1. The van der Waals surface area contributed by atoms with Crippen molar-refractivity contribution in [2.24, 2.45) is 0 Å². The van der Waals surface area contributed by atoms with Gasteiger partial charge < -0.3 is 15.1 Å². The summed E-state index contributed by atoms with van der Waals surface area (Å²) in [5.41, 5.74) is 0.220. The minimum Gasteiger partial charge on any atom is -0.382 e. The monoisotopic (exact) mass is 283 g/mol. The van der Waals surface area contributed by atoms with Crippen LogP contribution in [0.3, 0.4) is 0 Å². The fourth-order valence-corrected chi connectivity index (χ4v) is 2.15. The zero-order chi connectivity index (χ0) is 14.5. The van der Waals surface area contributed by atoms with Crippen LogP contribution in [0.15, 0.2) is 18.2 Å². The largest absolute Gasteiger partial charge is 0.382 e. The van der Waals surface area contributed by atoms with Crippen molar-refractivity contribution < 1.29 is 13.6 Å². The van der Waals surface area contributed by atoms with E-state index in [1.165, 1.54) is 12.1 Å². The van der Waals surface area contributed by atoms with Gasteiger partial charge in [-0.05, 0) is 19.2 Å². The number of amides is 1. The second-order valence-corrected chi connectivity index (χ2v) is 4.99. The number of carbonyl (C=O) groups is 1. The number of nitrogens with one attached hydrogen (secondary N) is 1. The Kier molecular flexibility index (Phi) is 4.89. The molecule has 0 aromatic heterocycles. The molecule has 0 saturated carbocycles. The van der Waals surface area contributed by atoms with Crippen molar-refractivity contribution in [2.75, 3.05) is 45.1 Å². The Morgan fingerprint density at radius 1 is 1.25 bits per heavy atom. The van der Waals surface area contributed by atoms with Gasteiger partial charge in [-0.25, -0.2) is 8.78 Å². The molecule has 1 N–H and O–H groups in total. The van der Waals surface area contributed by atoms with Gasteiger partial charge in [0.25, 0.3) is 0 Å². The highest BCUT2D eigenvalue weighted by Gasteiger charge is 2.18. The summed E-state index contributed by atoms with van der Waals surface area (Å²) in [7, 11) is 2.03. The van der Waals surface area contributed by atoms with Gasteiger partial charge in [0.1, 0.15) is 11.6 Å². The number of carbonyl (C=O) groups excluding carboxylic acids is 1. The van der Waals surface area contributed by atoms with Gasteiger partial charge in [0.05, 0.1) is 5.69 Å². The average Bonchev–Trinajstić information content (AvgIpc) is 2.42. The topological polar surface area (TPSA) is 35.6 Å². The van der Waals surface area contributed by atoms with Gasteiger partial charge in [0.15, 0.2) is 0 Å². The van der Waals surface area contributed by atoms with Crippen LogP contribution >= 0.6 is 0 Å². The standard InChI is InChI=1S/C14H19F2N3O/c1-18-6-8-19(9-7-18)14(20)4-5-17-13-3-2-11(15)10-12(13)16/h2-3,10,17H,4-9H2,1H3. The Labute approximate surface area is 117 Å². The van der Waals surface area contributed by atoms with Crippen LogP contribution in [0.5, 0.6) is 0 Å². The van der Waals surface area contributed by atoms with Gasteiger partial charge in [0.2, 0.25) is 5.91 Å². The van der Waals surface area contributed by atoms with Crippen molar-refractivity contribution in [1.82, 2.24) is 9.80 Å². The highest BCUT2D eigenvalue weighted by atomic mass is 19.1. The number of hydrogen-bond donors (Lipinski definition) is 1. The summed E-state index contributed by atoms with van der Waals surface area (Å²) in [6, 6.07) is 3.35. The maximum Gasteiger partial charge on any atom is 0.224 e. The molecular formula is C14H19F2N3O. The molecule has 0 spiro atoms. The summed E-state index contributed by atoms with van der Waals surface area (Å²) in [6.45, 7) is 3.58. The smallest absolute Gasteiger partial charge is 0.224 e. The molecule has 1 amide bonds. The number of nitrogens with zero attached hydrogens (tertiary/aromatic N) is 2. The lowest BCUT2D eigenvalue weighted by atomic mass is 10.2. The van der Waals surface area contributed by atoms with E-state index in [9.17, 15) is 13.6 Å². The number of hydrogen-bond acceptors (Lipinski definition) is 3. The Morgan fingerprint density at radius 2 is 1.95 bits per heavy atom. The van der Waals surface area contributed by atoms with E-state index in [-0.39, 0.29) is 11.6 Å². The number of anilines is 1. The first-order valence-corrected chi connectivity index (χ1v) is 6.71. The molecule has 1 aliphatic rings. The number of likely N-dealkylation sites (N-methyl/N-ethyl adjacent to an activating group) is 1. The molecule has 1 aromatic carbocycles. The van der Waals surface area contributed by atoms with Crippen LogP contribution in [0.1, 0.15) is 6.42 Å². The molecule has 0 bridgehead atoms. The average molecular weight is 283 g/mol. The van der Waals surface area contributed by atoms with Crippen molar-refractivity contribution in [1.29, 1.82) is 0 Å². The molecule has 110 valence electrons. The molecule has 1 fully saturated rings. The van der Waals surface area contributed by atoms with Gasteiger partial charge in [-0.3, -0.25) is 4.79 Å². The van der Waals surface area contributed by atoms with Gasteiger partial charge in [-0.1, -0.05) is 0 Å². The fourth-order valence-electron chi connectivity index (χ4n) is 2.15. The van der Waals surface area contributed by atoms with Gasteiger partial charge in [-0.15, -0.1) is 0 Å². The van der Waals surface area contributed by atoms with E-state index < -0.39 is 11.6 Å². The summed E-state index contributed by atoms with van der Waals surface area (Å²) in [4.78, 5) is 15.9. The van der Waals surface area contributed by atoms with Crippen LogP contribution in [-0.2, 0) is 4.79 Å². The molecule has 0 radical (unpaired) electrons. The van der Waals surface area contributed by atoms with E-state index >= 15 is 0 Å². The molecule has 20 heavy (non-hydrogen) atoms.